The zero-order valence-electron chi connectivity index (χ0n) is 17.4. The first-order chi connectivity index (χ1) is 13.9. The summed E-state index contributed by atoms with van der Waals surface area (Å²) in [5.41, 5.74) is 1.95. The van der Waals surface area contributed by atoms with Gasteiger partial charge in [0.05, 0.1) is 7.11 Å². The van der Waals surface area contributed by atoms with Gasteiger partial charge >= 0.3 is 0 Å². The van der Waals surface area contributed by atoms with Crippen LogP contribution in [0.3, 0.4) is 0 Å². The first-order valence-electron chi connectivity index (χ1n) is 9.59. The minimum atomic E-state index is -0.628. The van der Waals surface area contributed by atoms with E-state index >= 15 is 0 Å². The van der Waals surface area contributed by atoms with Crippen molar-refractivity contribution in [3.8, 4) is 5.75 Å². The van der Waals surface area contributed by atoms with E-state index in [2.05, 4.69) is 15.5 Å². The highest BCUT2D eigenvalue weighted by Gasteiger charge is 2.16. The third-order valence-corrected chi connectivity index (χ3v) is 4.69. The first kappa shape index (κ1) is 22.0. The van der Waals surface area contributed by atoms with Crippen molar-refractivity contribution in [2.24, 2.45) is 0 Å². The summed E-state index contributed by atoms with van der Waals surface area (Å²) in [6.07, 6.45) is 3.10. The number of likely N-dealkylation sites (N-methyl/N-ethyl adjacent to an activating group) is 1. The number of carbonyl (C=O) groups is 2. The largest absolute Gasteiger partial charge is 0.497 e. The van der Waals surface area contributed by atoms with Crippen molar-refractivity contribution in [1.82, 2.24) is 10.6 Å². The van der Waals surface area contributed by atoms with E-state index < -0.39 is 6.04 Å². The Kier molecular flexibility index (Phi) is 8.27. The number of anilines is 1. The van der Waals surface area contributed by atoms with Crippen LogP contribution in [0.25, 0.3) is 6.08 Å². The molecule has 2 N–H and O–H groups in total. The fourth-order valence-electron chi connectivity index (χ4n) is 2.67. The van der Waals surface area contributed by atoms with Crippen LogP contribution >= 0.6 is 0 Å². The standard InChI is InChI=1S/C23H29N3O3/c1-17(26(3)20-8-6-5-7-9-20)16-24-23(28)18(2)25-22(27)15-12-19-10-13-21(29-4)14-11-19/h5-15,17-18H,16H2,1-4H3,(H,24,28)(H,25,27)/b15-12+. The van der Waals surface area contributed by atoms with Crippen LogP contribution in [-0.4, -0.2) is 44.6 Å². The average molecular weight is 396 g/mol. The van der Waals surface area contributed by atoms with Crippen molar-refractivity contribution in [2.75, 3.05) is 25.6 Å². The molecular formula is C23H29N3O3. The van der Waals surface area contributed by atoms with Gasteiger partial charge in [-0.15, -0.1) is 0 Å². The predicted octanol–water partition coefficient (Wildman–Crippen LogP) is 2.85. The van der Waals surface area contributed by atoms with Gasteiger partial charge in [-0.05, 0) is 49.8 Å². The van der Waals surface area contributed by atoms with E-state index in [1.54, 1.807) is 20.1 Å². The summed E-state index contributed by atoms with van der Waals surface area (Å²) in [6, 6.07) is 16.8. The molecule has 2 unspecified atom stereocenters. The molecule has 0 bridgehead atoms. The molecule has 2 rings (SSSR count). The SMILES string of the molecule is COc1ccc(/C=C/C(=O)NC(C)C(=O)NCC(C)N(C)c2ccccc2)cc1. The summed E-state index contributed by atoms with van der Waals surface area (Å²) in [5, 5.41) is 5.57. The van der Waals surface area contributed by atoms with Crippen molar-refractivity contribution >= 4 is 23.6 Å². The van der Waals surface area contributed by atoms with E-state index in [1.807, 2.05) is 68.6 Å². The van der Waals surface area contributed by atoms with Gasteiger partial charge < -0.3 is 20.3 Å². The summed E-state index contributed by atoms with van der Waals surface area (Å²) in [6.45, 7) is 4.18. The van der Waals surface area contributed by atoms with Crippen LogP contribution < -0.4 is 20.3 Å². The molecule has 0 saturated carbocycles. The Labute approximate surface area is 172 Å². The monoisotopic (exact) mass is 395 g/mol. The Hall–Kier alpha value is -3.28. The minimum absolute atomic E-state index is 0.110. The molecule has 0 aliphatic carbocycles. The Balaban J connectivity index is 1.78. The molecule has 0 fully saturated rings. The number of hydrogen-bond donors (Lipinski definition) is 2. The Morgan fingerprint density at radius 1 is 1.07 bits per heavy atom. The molecule has 2 aromatic rings. The van der Waals surface area contributed by atoms with E-state index in [0.717, 1.165) is 17.0 Å². The first-order valence-corrected chi connectivity index (χ1v) is 9.59. The molecule has 0 aromatic heterocycles. The van der Waals surface area contributed by atoms with Crippen molar-refractivity contribution in [3.63, 3.8) is 0 Å². The summed E-state index contributed by atoms with van der Waals surface area (Å²) in [4.78, 5) is 26.5. The topological polar surface area (TPSA) is 70.7 Å². The molecule has 6 heteroatoms. The highest BCUT2D eigenvalue weighted by molar-refractivity contribution is 5.95. The number of ether oxygens (including phenoxy) is 1. The number of benzene rings is 2. The zero-order chi connectivity index (χ0) is 21.2. The summed E-state index contributed by atoms with van der Waals surface area (Å²) in [7, 11) is 3.59. The maximum atomic E-state index is 12.3. The van der Waals surface area contributed by atoms with Crippen molar-refractivity contribution in [2.45, 2.75) is 25.9 Å². The fourth-order valence-corrected chi connectivity index (χ4v) is 2.67. The fraction of sp³-hybridized carbons (Fsp3) is 0.304. The van der Waals surface area contributed by atoms with Crippen LogP contribution in [-0.2, 0) is 9.59 Å². The van der Waals surface area contributed by atoms with Crippen LogP contribution in [0.4, 0.5) is 5.69 Å². The average Bonchev–Trinajstić information content (AvgIpc) is 2.76. The number of nitrogens with zero attached hydrogens (tertiary/aromatic N) is 1. The molecule has 2 atom stereocenters. The van der Waals surface area contributed by atoms with Gasteiger partial charge in [0.25, 0.3) is 0 Å². The van der Waals surface area contributed by atoms with E-state index in [1.165, 1.54) is 6.08 Å². The lowest BCUT2D eigenvalue weighted by Crippen LogP contribution is -2.48. The van der Waals surface area contributed by atoms with Crippen LogP contribution in [0.2, 0.25) is 0 Å². The second-order valence-electron chi connectivity index (χ2n) is 6.88. The quantitative estimate of drug-likeness (QED) is 0.641. The predicted molar refractivity (Wildman–Crippen MR) is 117 cm³/mol. The number of rotatable bonds is 9. The molecule has 0 aliphatic heterocycles. The van der Waals surface area contributed by atoms with Crippen LogP contribution in [0, 0.1) is 0 Å². The normalized spacial score (nSPS) is 12.8. The highest BCUT2D eigenvalue weighted by Crippen LogP contribution is 2.14. The second kappa shape index (κ2) is 10.9. The summed E-state index contributed by atoms with van der Waals surface area (Å²) in [5.74, 6) is 0.214. The molecule has 6 nitrogen and oxygen atoms in total. The smallest absolute Gasteiger partial charge is 0.244 e. The van der Waals surface area contributed by atoms with E-state index in [-0.39, 0.29) is 17.9 Å². The van der Waals surface area contributed by atoms with Gasteiger partial charge in [-0.3, -0.25) is 9.59 Å². The van der Waals surface area contributed by atoms with Crippen molar-refractivity contribution in [3.05, 3.63) is 66.2 Å². The molecular weight excluding hydrogens is 366 g/mol. The van der Waals surface area contributed by atoms with Gasteiger partial charge in [-0.2, -0.15) is 0 Å². The van der Waals surface area contributed by atoms with Gasteiger partial charge in [0.15, 0.2) is 0 Å². The number of methoxy groups -OCH3 is 1. The number of carbonyl (C=O) groups excluding carboxylic acids is 2. The zero-order valence-corrected chi connectivity index (χ0v) is 17.4. The molecule has 0 heterocycles. The lowest BCUT2D eigenvalue weighted by molar-refractivity contribution is -0.126. The molecule has 154 valence electrons. The van der Waals surface area contributed by atoms with Crippen molar-refractivity contribution in [1.29, 1.82) is 0 Å². The third-order valence-electron chi connectivity index (χ3n) is 4.69. The summed E-state index contributed by atoms with van der Waals surface area (Å²) < 4.78 is 5.10. The van der Waals surface area contributed by atoms with Gasteiger partial charge in [-0.1, -0.05) is 30.3 Å². The maximum Gasteiger partial charge on any atom is 0.244 e. The molecule has 2 aromatic carbocycles. The van der Waals surface area contributed by atoms with Crippen molar-refractivity contribution < 1.29 is 14.3 Å². The second-order valence-corrected chi connectivity index (χ2v) is 6.88. The Morgan fingerprint density at radius 2 is 1.72 bits per heavy atom. The molecule has 29 heavy (non-hydrogen) atoms. The highest BCUT2D eigenvalue weighted by atomic mass is 16.5. The van der Waals surface area contributed by atoms with Gasteiger partial charge in [0.1, 0.15) is 11.8 Å². The minimum Gasteiger partial charge on any atom is -0.497 e. The number of para-hydroxylation sites is 1. The van der Waals surface area contributed by atoms with Crippen LogP contribution in [0.15, 0.2) is 60.7 Å². The molecule has 0 radical (unpaired) electrons. The van der Waals surface area contributed by atoms with E-state index in [0.29, 0.717) is 6.54 Å². The van der Waals surface area contributed by atoms with Gasteiger partial charge in [-0.25, -0.2) is 0 Å². The number of nitrogens with one attached hydrogen (secondary N) is 2. The maximum absolute atomic E-state index is 12.3. The number of hydrogen-bond acceptors (Lipinski definition) is 4. The lowest BCUT2D eigenvalue weighted by Gasteiger charge is -2.27. The number of amides is 2. The van der Waals surface area contributed by atoms with Crippen LogP contribution in [0.1, 0.15) is 19.4 Å². The molecule has 0 spiro atoms. The van der Waals surface area contributed by atoms with E-state index in [9.17, 15) is 9.59 Å². The van der Waals surface area contributed by atoms with E-state index in [4.69, 9.17) is 4.74 Å². The molecule has 0 saturated heterocycles. The Morgan fingerprint density at radius 3 is 2.34 bits per heavy atom. The molecule has 2 amide bonds. The molecule has 0 aliphatic rings. The lowest BCUT2D eigenvalue weighted by atomic mass is 10.2. The third kappa shape index (κ3) is 6.99. The Bertz CT molecular complexity index is 819. The van der Waals surface area contributed by atoms with Gasteiger partial charge in [0, 0.05) is 31.4 Å². The van der Waals surface area contributed by atoms with Gasteiger partial charge in [0.2, 0.25) is 11.8 Å². The van der Waals surface area contributed by atoms with Crippen LogP contribution in [0.5, 0.6) is 5.75 Å². The summed E-state index contributed by atoms with van der Waals surface area (Å²) >= 11 is 0.